The van der Waals surface area contributed by atoms with Crippen LogP contribution in [0.2, 0.25) is 0 Å². The average Bonchev–Trinajstić information content (AvgIpc) is 2.71. The van der Waals surface area contributed by atoms with Crippen molar-refractivity contribution in [3.8, 4) is 0 Å². The number of nitrogens with zero attached hydrogens (tertiary/aromatic N) is 1. The van der Waals surface area contributed by atoms with Gasteiger partial charge in [-0.2, -0.15) is 0 Å². The van der Waals surface area contributed by atoms with Gasteiger partial charge in [0, 0.05) is 30.9 Å². The monoisotopic (exact) mass is 381 g/mol. The van der Waals surface area contributed by atoms with E-state index in [1.807, 2.05) is 61.5 Å². The van der Waals surface area contributed by atoms with Crippen LogP contribution in [0.1, 0.15) is 44.6 Å². The Kier molecular flexibility index (Phi) is 9.05. The first kappa shape index (κ1) is 21.5. The van der Waals surface area contributed by atoms with Crippen molar-refractivity contribution in [1.82, 2.24) is 5.32 Å². The molecule has 0 saturated heterocycles. The number of carbonyl (C=O) groups excluding carboxylic acids is 2. The molecular formula is C23H31N3O2. The zero-order valence-electron chi connectivity index (χ0n) is 16.9. The van der Waals surface area contributed by atoms with Gasteiger partial charge in [0.25, 0.3) is 0 Å². The molecule has 5 nitrogen and oxygen atoms in total. The first-order valence-corrected chi connectivity index (χ1v) is 10.1. The Bertz CT molecular complexity index is 729. The number of amides is 3. The van der Waals surface area contributed by atoms with Crippen LogP contribution in [0.3, 0.4) is 0 Å². The largest absolute Gasteiger partial charge is 0.354 e. The molecule has 150 valence electrons. The minimum atomic E-state index is -0.216. The van der Waals surface area contributed by atoms with Gasteiger partial charge in [0.05, 0.1) is 0 Å². The normalized spacial score (nSPS) is 10.4. The van der Waals surface area contributed by atoms with Gasteiger partial charge in [0.15, 0.2) is 0 Å². The zero-order chi connectivity index (χ0) is 20.2. The number of anilines is 2. The van der Waals surface area contributed by atoms with E-state index in [1.165, 1.54) is 0 Å². The van der Waals surface area contributed by atoms with Gasteiger partial charge in [-0.3, -0.25) is 9.69 Å². The van der Waals surface area contributed by atoms with Crippen molar-refractivity contribution in [2.75, 3.05) is 23.3 Å². The number of hydrogen-bond acceptors (Lipinski definition) is 2. The third-order valence-electron chi connectivity index (χ3n) is 4.53. The summed E-state index contributed by atoms with van der Waals surface area (Å²) < 4.78 is 0. The molecule has 0 aromatic heterocycles. The van der Waals surface area contributed by atoms with Crippen molar-refractivity contribution in [3.05, 3.63) is 60.2 Å². The van der Waals surface area contributed by atoms with E-state index in [0.717, 1.165) is 42.6 Å². The predicted octanol–water partition coefficient (Wildman–Crippen LogP) is 5.12. The maximum atomic E-state index is 12.8. The van der Waals surface area contributed by atoms with Crippen molar-refractivity contribution in [3.63, 3.8) is 0 Å². The first-order valence-electron chi connectivity index (χ1n) is 10.1. The van der Waals surface area contributed by atoms with E-state index in [1.54, 1.807) is 4.90 Å². The van der Waals surface area contributed by atoms with Gasteiger partial charge in [-0.05, 0) is 37.6 Å². The van der Waals surface area contributed by atoms with Gasteiger partial charge in [-0.15, -0.1) is 0 Å². The van der Waals surface area contributed by atoms with Crippen LogP contribution in [-0.4, -0.2) is 25.0 Å². The van der Waals surface area contributed by atoms with E-state index in [0.29, 0.717) is 19.5 Å². The van der Waals surface area contributed by atoms with Gasteiger partial charge in [-0.1, -0.05) is 62.1 Å². The number of urea groups is 1. The number of carbonyl (C=O) groups is 2. The summed E-state index contributed by atoms with van der Waals surface area (Å²) in [7, 11) is 0. The smallest absolute Gasteiger partial charge is 0.326 e. The maximum absolute atomic E-state index is 12.8. The molecule has 3 amide bonds. The average molecular weight is 382 g/mol. The van der Waals surface area contributed by atoms with Crippen LogP contribution in [0.25, 0.3) is 0 Å². The topological polar surface area (TPSA) is 61.4 Å². The van der Waals surface area contributed by atoms with Gasteiger partial charge < -0.3 is 10.6 Å². The molecule has 0 radical (unpaired) electrons. The highest BCUT2D eigenvalue weighted by atomic mass is 16.2. The minimum Gasteiger partial charge on any atom is -0.354 e. The van der Waals surface area contributed by atoms with E-state index in [4.69, 9.17) is 0 Å². The van der Waals surface area contributed by atoms with Crippen LogP contribution in [-0.2, 0) is 4.79 Å². The molecule has 28 heavy (non-hydrogen) atoms. The van der Waals surface area contributed by atoms with Crippen LogP contribution in [0, 0.1) is 6.92 Å². The van der Waals surface area contributed by atoms with Crippen LogP contribution >= 0.6 is 0 Å². The molecule has 0 saturated carbocycles. The highest BCUT2D eigenvalue weighted by molar-refractivity contribution is 6.01. The molecule has 0 aliphatic carbocycles. The van der Waals surface area contributed by atoms with E-state index in [2.05, 4.69) is 17.6 Å². The third kappa shape index (κ3) is 7.43. The zero-order valence-corrected chi connectivity index (χ0v) is 16.9. The summed E-state index contributed by atoms with van der Waals surface area (Å²) in [5, 5.41) is 5.85. The first-order chi connectivity index (χ1) is 13.6. The molecule has 0 unspecified atom stereocenters. The van der Waals surface area contributed by atoms with Gasteiger partial charge in [0.1, 0.15) is 0 Å². The lowest BCUT2D eigenvalue weighted by Gasteiger charge is -2.23. The van der Waals surface area contributed by atoms with Crippen molar-refractivity contribution in [1.29, 1.82) is 0 Å². The molecule has 2 N–H and O–H groups in total. The summed E-state index contributed by atoms with van der Waals surface area (Å²) in [6.07, 6.45) is 4.86. The van der Waals surface area contributed by atoms with Crippen molar-refractivity contribution >= 4 is 23.3 Å². The highest BCUT2D eigenvalue weighted by Gasteiger charge is 2.16. The highest BCUT2D eigenvalue weighted by Crippen LogP contribution is 2.16. The van der Waals surface area contributed by atoms with Crippen molar-refractivity contribution < 1.29 is 9.59 Å². The van der Waals surface area contributed by atoms with Gasteiger partial charge >= 0.3 is 6.03 Å². The molecule has 2 aromatic rings. The lowest BCUT2D eigenvalue weighted by atomic mass is 10.1. The van der Waals surface area contributed by atoms with Crippen LogP contribution < -0.4 is 15.5 Å². The molecule has 0 fully saturated rings. The second kappa shape index (κ2) is 11.8. The molecule has 2 aromatic carbocycles. The fraction of sp³-hybridized carbons (Fsp3) is 0.391. The van der Waals surface area contributed by atoms with Gasteiger partial charge in [-0.25, -0.2) is 4.79 Å². The molecular weight excluding hydrogens is 350 g/mol. The Hall–Kier alpha value is -2.82. The lowest BCUT2D eigenvalue weighted by Crippen LogP contribution is -2.41. The van der Waals surface area contributed by atoms with Crippen LogP contribution in [0.4, 0.5) is 16.2 Å². The number of unbranched alkanes of at least 4 members (excludes halogenated alkanes) is 3. The summed E-state index contributed by atoms with van der Waals surface area (Å²) in [4.78, 5) is 26.5. The summed E-state index contributed by atoms with van der Waals surface area (Å²) in [5.41, 5.74) is 2.68. The number of rotatable bonds is 10. The number of para-hydroxylation sites is 1. The SMILES string of the molecule is CCCCCCC(=O)NCCN(C(=O)Nc1ccc(C)cc1)c1ccccc1. The van der Waals surface area contributed by atoms with E-state index < -0.39 is 0 Å². The molecule has 0 spiro atoms. The number of nitrogens with one attached hydrogen (secondary N) is 2. The molecule has 0 aliphatic rings. The van der Waals surface area contributed by atoms with Gasteiger partial charge in [0.2, 0.25) is 5.91 Å². The Morgan fingerprint density at radius 3 is 2.32 bits per heavy atom. The van der Waals surface area contributed by atoms with E-state index in [-0.39, 0.29) is 11.9 Å². The predicted molar refractivity (Wildman–Crippen MR) is 116 cm³/mol. The number of benzene rings is 2. The van der Waals surface area contributed by atoms with Crippen LogP contribution in [0.5, 0.6) is 0 Å². The maximum Gasteiger partial charge on any atom is 0.326 e. The number of hydrogen-bond donors (Lipinski definition) is 2. The lowest BCUT2D eigenvalue weighted by molar-refractivity contribution is -0.121. The van der Waals surface area contributed by atoms with Crippen molar-refractivity contribution in [2.45, 2.75) is 46.0 Å². The van der Waals surface area contributed by atoms with E-state index in [9.17, 15) is 9.59 Å². The second-order valence-electron chi connectivity index (χ2n) is 6.94. The standard InChI is InChI=1S/C23H31N3O2/c1-3-4-5-9-12-22(27)24-17-18-26(21-10-7-6-8-11-21)23(28)25-20-15-13-19(2)14-16-20/h6-8,10-11,13-16H,3-5,9,12,17-18H2,1-2H3,(H,24,27)(H,25,28). The second-order valence-corrected chi connectivity index (χ2v) is 6.94. The fourth-order valence-corrected chi connectivity index (χ4v) is 2.89. The third-order valence-corrected chi connectivity index (χ3v) is 4.53. The summed E-state index contributed by atoms with van der Waals surface area (Å²) in [6.45, 7) is 4.98. The Morgan fingerprint density at radius 1 is 0.929 bits per heavy atom. The molecule has 0 atom stereocenters. The summed E-state index contributed by atoms with van der Waals surface area (Å²) in [6, 6.07) is 17.0. The molecule has 5 heteroatoms. The number of aryl methyl sites for hydroxylation is 1. The van der Waals surface area contributed by atoms with Crippen molar-refractivity contribution in [2.24, 2.45) is 0 Å². The Labute approximate surface area is 168 Å². The molecule has 0 heterocycles. The molecule has 0 bridgehead atoms. The summed E-state index contributed by atoms with van der Waals surface area (Å²) >= 11 is 0. The summed E-state index contributed by atoms with van der Waals surface area (Å²) in [5.74, 6) is 0.0445. The quantitative estimate of drug-likeness (QED) is 0.561. The van der Waals surface area contributed by atoms with Crippen LogP contribution in [0.15, 0.2) is 54.6 Å². The minimum absolute atomic E-state index is 0.0445. The fourth-order valence-electron chi connectivity index (χ4n) is 2.89. The Balaban J connectivity index is 1.91. The van der Waals surface area contributed by atoms with E-state index >= 15 is 0 Å². The molecule has 0 aliphatic heterocycles. The molecule has 2 rings (SSSR count). The Morgan fingerprint density at radius 2 is 1.64 bits per heavy atom.